The molecule has 0 spiro atoms. The number of aromatic nitrogens is 2. The Kier molecular flexibility index (Phi) is 2.54. The normalized spacial score (nSPS) is 27.0. The average Bonchev–Trinajstić information content (AvgIpc) is 2.49. The van der Waals surface area contributed by atoms with E-state index >= 15 is 0 Å². The zero-order chi connectivity index (χ0) is 11.0. The molecular formula is C10H19N4O+. The third-order valence-corrected chi connectivity index (χ3v) is 3.24. The van der Waals surface area contributed by atoms with Crippen LogP contribution in [0, 0.1) is 6.92 Å². The first kappa shape index (κ1) is 10.3. The highest BCUT2D eigenvalue weighted by atomic mass is 16.5. The molecule has 2 N–H and O–H groups in total. The van der Waals surface area contributed by atoms with Gasteiger partial charge in [0.2, 0.25) is 5.27 Å². The lowest BCUT2D eigenvalue weighted by molar-refractivity contribution is -0.770. The van der Waals surface area contributed by atoms with Gasteiger partial charge in [0.15, 0.2) is 0 Å². The van der Waals surface area contributed by atoms with Crippen LogP contribution in [0.2, 0.25) is 0 Å². The van der Waals surface area contributed by atoms with E-state index in [-0.39, 0.29) is 0 Å². The van der Waals surface area contributed by atoms with Crippen LogP contribution >= 0.6 is 0 Å². The highest BCUT2D eigenvalue weighted by Crippen LogP contribution is 2.19. The smallest absolute Gasteiger partial charge is 0.304 e. The molecule has 0 aliphatic carbocycles. The molecule has 5 heteroatoms. The molecule has 1 aromatic rings. The van der Waals surface area contributed by atoms with Crippen molar-refractivity contribution in [2.45, 2.75) is 52.1 Å². The first-order valence-electron chi connectivity index (χ1n) is 5.54. The molecule has 1 fully saturated rings. The van der Waals surface area contributed by atoms with Crippen molar-refractivity contribution in [1.82, 2.24) is 5.27 Å². The number of rotatable bonds is 1. The van der Waals surface area contributed by atoms with E-state index in [1.165, 1.54) is 19.3 Å². The van der Waals surface area contributed by atoms with Crippen molar-refractivity contribution in [3.63, 3.8) is 0 Å². The van der Waals surface area contributed by atoms with E-state index in [9.17, 15) is 0 Å². The molecule has 2 rings (SSSR count). The van der Waals surface area contributed by atoms with Gasteiger partial charge in [-0.3, -0.25) is 4.52 Å². The fraction of sp³-hybridized carbons (Fsp3) is 0.800. The molecule has 0 amide bonds. The molecule has 0 bridgehead atoms. The van der Waals surface area contributed by atoms with Gasteiger partial charge in [-0.25, -0.2) is 0 Å². The van der Waals surface area contributed by atoms with Gasteiger partial charge in [0.05, 0.1) is 16.9 Å². The van der Waals surface area contributed by atoms with Crippen LogP contribution in [0.25, 0.3) is 0 Å². The molecule has 15 heavy (non-hydrogen) atoms. The summed E-state index contributed by atoms with van der Waals surface area (Å²) in [5.41, 5.74) is 6.55. The Morgan fingerprint density at radius 1 is 1.40 bits per heavy atom. The monoisotopic (exact) mass is 211 g/mol. The molecule has 0 saturated carbocycles. The first-order valence-corrected chi connectivity index (χ1v) is 5.54. The van der Waals surface area contributed by atoms with E-state index in [1.54, 1.807) is 0 Å². The molecule has 2 atom stereocenters. The Morgan fingerprint density at radius 3 is 2.47 bits per heavy atom. The van der Waals surface area contributed by atoms with E-state index < -0.39 is 0 Å². The molecule has 1 aliphatic rings. The van der Waals surface area contributed by atoms with E-state index in [4.69, 9.17) is 10.3 Å². The third kappa shape index (κ3) is 1.66. The van der Waals surface area contributed by atoms with Crippen LogP contribution in [-0.2, 0) is 0 Å². The SMILES string of the molecule is Cc1c(N)on[n+]1N1C(C)CCCC1C. The van der Waals surface area contributed by atoms with E-state index in [0.717, 1.165) is 5.69 Å². The van der Waals surface area contributed by atoms with Gasteiger partial charge in [-0.1, -0.05) is 0 Å². The van der Waals surface area contributed by atoms with Crippen LogP contribution in [0.15, 0.2) is 4.52 Å². The highest BCUT2D eigenvalue weighted by molar-refractivity contribution is 5.23. The molecule has 1 aliphatic heterocycles. The predicted octanol–water partition coefficient (Wildman–Crippen LogP) is 0.752. The van der Waals surface area contributed by atoms with Crippen LogP contribution in [0.3, 0.4) is 0 Å². The van der Waals surface area contributed by atoms with E-state index in [2.05, 4.69) is 24.1 Å². The largest absolute Gasteiger partial charge is 0.362 e. The zero-order valence-corrected chi connectivity index (χ0v) is 9.60. The summed E-state index contributed by atoms with van der Waals surface area (Å²) in [5.74, 6) is 0.403. The summed E-state index contributed by atoms with van der Waals surface area (Å²) >= 11 is 0. The van der Waals surface area contributed by atoms with Crippen molar-refractivity contribution in [1.29, 1.82) is 0 Å². The molecule has 0 aromatic carbocycles. The van der Waals surface area contributed by atoms with Crippen LogP contribution in [0.4, 0.5) is 5.88 Å². The van der Waals surface area contributed by atoms with Gasteiger partial charge < -0.3 is 5.73 Å². The average molecular weight is 211 g/mol. The first-order chi connectivity index (χ1) is 7.11. The number of anilines is 1. The molecule has 2 heterocycles. The number of nitrogen functional groups attached to an aromatic ring is 1. The predicted molar refractivity (Wildman–Crippen MR) is 56.8 cm³/mol. The Labute approximate surface area is 89.8 Å². The van der Waals surface area contributed by atoms with E-state index in [0.29, 0.717) is 18.0 Å². The fourth-order valence-corrected chi connectivity index (χ4v) is 2.30. The van der Waals surface area contributed by atoms with Crippen molar-refractivity contribution >= 4 is 5.88 Å². The van der Waals surface area contributed by atoms with Crippen molar-refractivity contribution in [3.8, 4) is 0 Å². The lowest BCUT2D eigenvalue weighted by Crippen LogP contribution is -2.69. The van der Waals surface area contributed by atoms with Crippen molar-refractivity contribution in [2.75, 3.05) is 10.7 Å². The standard InChI is InChI=1S/C10H19N4O/c1-7-5-4-6-8(2)13(7)14-9(3)10(11)15-12-14/h7-8H,4-6,11H2,1-3H3/q+1. The summed E-state index contributed by atoms with van der Waals surface area (Å²) in [6.45, 7) is 6.36. The molecule has 84 valence electrons. The topological polar surface area (TPSA) is 59.2 Å². The molecule has 1 saturated heterocycles. The van der Waals surface area contributed by atoms with Gasteiger partial charge >= 0.3 is 5.69 Å². The fourth-order valence-electron chi connectivity index (χ4n) is 2.30. The minimum atomic E-state index is 0.403. The summed E-state index contributed by atoms with van der Waals surface area (Å²) < 4.78 is 4.99. The van der Waals surface area contributed by atoms with Gasteiger partial charge in [-0.05, 0) is 33.1 Å². The molecule has 2 unspecified atom stereocenters. The van der Waals surface area contributed by atoms with Gasteiger partial charge in [0.25, 0.3) is 5.88 Å². The Balaban J connectivity index is 2.31. The Hall–Kier alpha value is -1.26. The van der Waals surface area contributed by atoms with Crippen LogP contribution < -0.4 is 15.5 Å². The van der Waals surface area contributed by atoms with Crippen LogP contribution in [0.1, 0.15) is 38.8 Å². The number of hydrogen-bond donors (Lipinski definition) is 1. The summed E-state index contributed by atoms with van der Waals surface area (Å²) in [4.78, 5) is 1.81. The summed E-state index contributed by atoms with van der Waals surface area (Å²) in [6, 6.07) is 0.976. The number of nitrogens with zero attached hydrogens (tertiary/aromatic N) is 3. The van der Waals surface area contributed by atoms with E-state index in [1.807, 2.05) is 11.7 Å². The summed E-state index contributed by atoms with van der Waals surface area (Å²) in [5, 5.41) is 6.23. The second kappa shape index (κ2) is 3.72. The zero-order valence-electron chi connectivity index (χ0n) is 9.60. The maximum atomic E-state index is 5.66. The van der Waals surface area contributed by atoms with Gasteiger partial charge in [-0.2, -0.15) is 0 Å². The number of nitrogens with two attached hydrogens (primary N) is 1. The minimum absolute atomic E-state index is 0.403. The Morgan fingerprint density at radius 2 is 2.00 bits per heavy atom. The molecular weight excluding hydrogens is 192 g/mol. The Bertz CT molecular complexity index is 339. The second-order valence-electron chi connectivity index (χ2n) is 4.42. The third-order valence-electron chi connectivity index (χ3n) is 3.24. The maximum Gasteiger partial charge on any atom is 0.304 e. The number of hydrogen-bond acceptors (Lipinski definition) is 4. The quantitative estimate of drug-likeness (QED) is 0.696. The number of piperidine rings is 1. The molecule has 5 nitrogen and oxygen atoms in total. The van der Waals surface area contributed by atoms with Gasteiger partial charge in [0, 0.05) is 6.92 Å². The van der Waals surface area contributed by atoms with Crippen molar-refractivity contribution < 1.29 is 9.31 Å². The van der Waals surface area contributed by atoms with Crippen LogP contribution in [-0.4, -0.2) is 17.4 Å². The lowest BCUT2D eigenvalue weighted by Gasteiger charge is -2.31. The molecule has 1 aromatic heterocycles. The highest BCUT2D eigenvalue weighted by Gasteiger charge is 2.36. The summed E-state index contributed by atoms with van der Waals surface area (Å²) in [7, 11) is 0. The van der Waals surface area contributed by atoms with Gasteiger partial charge in [-0.15, -0.1) is 5.01 Å². The minimum Gasteiger partial charge on any atom is -0.362 e. The summed E-state index contributed by atoms with van der Waals surface area (Å²) in [6.07, 6.45) is 3.68. The van der Waals surface area contributed by atoms with Gasteiger partial charge in [0.1, 0.15) is 0 Å². The lowest BCUT2D eigenvalue weighted by atomic mass is 10.00. The molecule has 0 radical (unpaired) electrons. The van der Waals surface area contributed by atoms with Crippen molar-refractivity contribution in [3.05, 3.63) is 5.69 Å². The van der Waals surface area contributed by atoms with Crippen molar-refractivity contribution in [2.24, 2.45) is 0 Å². The second-order valence-corrected chi connectivity index (χ2v) is 4.42. The maximum absolute atomic E-state index is 5.66. The van der Waals surface area contributed by atoms with Crippen LogP contribution in [0.5, 0.6) is 0 Å².